The Hall–Kier alpha value is -2.67. The van der Waals surface area contributed by atoms with Crippen molar-refractivity contribution in [3.63, 3.8) is 0 Å². The SMILES string of the molecule is COc1ccc(-c2noc(CCCCCNC(=O)C3(c4ccc(Br)cc4)CC3)n2)cc1. The fourth-order valence-electron chi connectivity index (χ4n) is 3.70. The number of amides is 1. The zero-order valence-electron chi connectivity index (χ0n) is 17.6. The summed E-state index contributed by atoms with van der Waals surface area (Å²) in [5.41, 5.74) is 1.69. The number of nitrogens with zero attached hydrogens (tertiary/aromatic N) is 2. The fraction of sp³-hybridized carbons (Fsp3) is 0.375. The lowest BCUT2D eigenvalue weighted by Crippen LogP contribution is -2.35. The van der Waals surface area contributed by atoms with Gasteiger partial charge >= 0.3 is 0 Å². The lowest BCUT2D eigenvalue weighted by atomic mass is 9.95. The molecule has 7 heteroatoms. The lowest BCUT2D eigenvalue weighted by Gasteiger charge is -2.16. The first-order valence-corrected chi connectivity index (χ1v) is 11.4. The van der Waals surface area contributed by atoms with Gasteiger partial charge in [-0.2, -0.15) is 4.98 Å². The third-order valence-electron chi connectivity index (χ3n) is 5.75. The summed E-state index contributed by atoms with van der Waals surface area (Å²) >= 11 is 3.45. The van der Waals surface area contributed by atoms with Crippen LogP contribution in [0.2, 0.25) is 0 Å². The quantitative estimate of drug-likeness (QED) is 0.407. The molecule has 1 saturated carbocycles. The molecule has 4 rings (SSSR count). The molecule has 1 aliphatic rings. The van der Waals surface area contributed by atoms with Gasteiger partial charge in [-0.1, -0.05) is 39.6 Å². The monoisotopic (exact) mass is 483 g/mol. The van der Waals surface area contributed by atoms with Crippen molar-refractivity contribution in [2.24, 2.45) is 0 Å². The molecular formula is C24H26BrN3O3. The van der Waals surface area contributed by atoms with Gasteiger partial charge in [0.15, 0.2) is 0 Å². The van der Waals surface area contributed by atoms with Gasteiger partial charge in [0.25, 0.3) is 0 Å². The van der Waals surface area contributed by atoms with Gasteiger partial charge in [-0.15, -0.1) is 0 Å². The Morgan fingerprint density at radius 2 is 1.84 bits per heavy atom. The zero-order valence-corrected chi connectivity index (χ0v) is 19.2. The molecule has 31 heavy (non-hydrogen) atoms. The summed E-state index contributed by atoms with van der Waals surface area (Å²) in [4.78, 5) is 17.2. The van der Waals surface area contributed by atoms with E-state index in [2.05, 4.69) is 31.4 Å². The van der Waals surface area contributed by atoms with Crippen LogP contribution in [0.4, 0.5) is 0 Å². The van der Waals surface area contributed by atoms with E-state index < -0.39 is 0 Å². The minimum atomic E-state index is -0.317. The molecule has 1 aliphatic carbocycles. The third kappa shape index (κ3) is 5.15. The number of aromatic nitrogens is 2. The fourth-order valence-corrected chi connectivity index (χ4v) is 3.97. The maximum Gasteiger partial charge on any atom is 0.230 e. The standard InChI is InChI=1S/C24H26BrN3O3/c1-30-20-12-6-17(7-13-20)22-27-21(31-28-22)5-3-2-4-16-26-23(29)24(14-15-24)18-8-10-19(25)11-9-18/h6-13H,2-5,14-16H2,1H3,(H,26,29). The highest BCUT2D eigenvalue weighted by atomic mass is 79.9. The summed E-state index contributed by atoms with van der Waals surface area (Å²) in [5, 5.41) is 7.18. The van der Waals surface area contributed by atoms with Crippen LogP contribution in [0.5, 0.6) is 5.75 Å². The highest BCUT2D eigenvalue weighted by Crippen LogP contribution is 2.48. The Labute approximate surface area is 190 Å². The van der Waals surface area contributed by atoms with Gasteiger partial charge in [0.2, 0.25) is 17.6 Å². The van der Waals surface area contributed by atoms with E-state index in [4.69, 9.17) is 9.26 Å². The summed E-state index contributed by atoms with van der Waals surface area (Å²) in [5.74, 6) is 2.18. The first kappa shape index (κ1) is 21.6. The maximum atomic E-state index is 12.7. The van der Waals surface area contributed by atoms with Gasteiger partial charge in [0, 0.05) is 23.0 Å². The molecule has 0 aliphatic heterocycles. The average molecular weight is 484 g/mol. The number of ether oxygens (including phenoxy) is 1. The van der Waals surface area contributed by atoms with Gasteiger partial charge in [-0.25, -0.2) is 0 Å². The second-order valence-corrected chi connectivity index (χ2v) is 8.81. The molecule has 1 N–H and O–H groups in total. The van der Waals surface area contributed by atoms with Crippen molar-refractivity contribution in [1.29, 1.82) is 0 Å². The van der Waals surface area contributed by atoms with Crippen LogP contribution in [0.1, 0.15) is 43.6 Å². The van der Waals surface area contributed by atoms with Crippen LogP contribution in [-0.4, -0.2) is 29.7 Å². The first-order chi connectivity index (χ1) is 15.1. The first-order valence-electron chi connectivity index (χ1n) is 10.6. The summed E-state index contributed by atoms with van der Waals surface area (Å²) in [6.45, 7) is 0.693. The van der Waals surface area contributed by atoms with Crippen molar-refractivity contribution in [2.45, 2.75) is 43.9 Å². The van der Waals surface area contributed by atoms with Crippen LogP contribution in [0, 0.1) is 0 Å². The average Bonchev–Trinajstić information content (AvgIpc) is 3.48. The molecule has 0 bridgehead atoms. The van der Waals surface area contributed by atoms with Crippen molar-refractivity contribution < 1.29 is 14.1 Å². The number of methoxy groups -OCH3 is 1. The molecule has 2 aromatic carbocycles. The molecule has 6 nitrogen and oxygen atoms in total. The maximum absolute atomic E-state index is 12.7. The summed E-state index contributed by atoms with van der Waals surface area (Å²) < 4.78 is 11.6. The van der Waals surface area contributed by atoms with Gasteiger partial charge in [0.1, 0.15) is 5.75 Å². The van der Waals surface area contributed by atoms with Crippen molar-refractivity contribution in [3.05, 3.63) is 64.5 Å². The number of benzene rings is 2. The number of carbonyl (C=O) groups is 1. The highest BCUT2D eigenvalue weighted by molar-refractivity contribution is 9.10. The number of hydrogen-bond donors (Lipinski definition) is 1. The van der Waals surface area contributed by atoms with Crippen LogP contribution in [0.25, 0.3) is 11.4 Å². The molecule has 0 spiro atoms. The Balaban J connectivity index is 1.17. The Morgan fingerprint density at radius 1 is 1.10 bits per heavy atom. The van der Waals surface area contributed by atoms with Gasteiger partial charge in [-0.05, 0) is 67.6 Å². The largest absolute Gasteiger partial charge is 0.497 e. The predicted molar refractivity (Wildman–Crippen MR) is 122 cm³/mol. The van der Waals surface area contributed by atoms with Crippen LogP contribution < -0.4 is 10.1 Å². The highest BCUT2D eigenvalue weighted by Gasteiger charge is 2.50. The molecule has 1 aromatic heterocycles. The number of halogens is 1. The number of hydrogen-bond acceptors (Lipinski definition) is 5. The minimum Gasteiger partial charge on any atom is -0.497 e. The number of aryl methyl sites for hydroxylation is 1. The van der Waals surface area contributed by atoms with E-state index >= 15 is 0 Å². The molecule has 1 amide bonds. The van der Waals surface area contributed by atoms with Crippen molar-refractivity contribution >= 4 is 21.8 Å². The van der Waals surface area contributed by atoms with E-state index in [-0.39, 0.29) is 11.3 Å². The van der Waals surface area contributed by atoms with Gasteiger partial charge in [-0.3, -0.25) is 4.79 Å². The molecule has 3 aromatic rings. The third-order valence-corrected chi connectivity index (χ3v) is 6.28. The van der Waals surface area contributed by atoms with E-state index in [1.807, 2.05) is 48.5 Å². The molecular weight excluding hydrogens is 458 g/mol. The molecule has 0 atom stereocenters. The van der Waals surface area contributed by atoms with Crippen molar-refractivity contribution in [2.75, 3.05) is 13.7 Å². The number of rotatable bonds is 10. The summed E-state index contributed by atoms with van der Waals surface area (Å²) in [6, 6.07) is 15.7. The van der Waals surface area contributed by atoms with Crippen LogP contribution in [-0.2, 0) is 16.6 Å². The smallest absolute Gasteiger partial charge is 0.230 e. The van der Waals surface area contributed by atoms with E-state index in [0.717, 1.165) is 59.9 Å². The molecule has 0 radical (unpaired) electrons. The number of unbranched alkanes of at least 4 members (excludes halogenated alkanes) is 2. The Kier molecular flexibility index (Phi) is 6.70. The Morgan fingerprint density at radius 3 is 2.52 bits per heavy atom. The van der Waals surface area contributed by atoms with Gasteiger partial charge in [0.05, 0.1) is 12.5 Å². The number of carbonyl (C=O) groups excluding carboxylic acids is 1. The van der Waals surface area contributed by atoms with Crippen molar-refractivity contribution in [3.8, 4) is 17.1 Å². The summed E-state index contributed by atoms with van der Waals surface area (Å²) in [7, 11) is 1.64. The van der Waals surface area contributed by atoms with Crippen molar-refractivity contribution in [1.82, 2.24) is 15.5 Å². The van der Waals surface area contributed by atoms with E-state index in [1.165, 1.54) is 0 Å². The molecule has 0 unspecified atom stereocenters. The topological polar surface area (TPSA) is 77.3 Å². The van der Waals surface area contributed by atoms with E-state index in [1.54, 1.807) is 7.11 Å². The van der Waals surface area contributed by atoms with E-state index in [9.17, 15) is 4.79 Å². The normalized spacial score (nSPS) is 14.3. The molecule has 1 heterocycles. The van der Waals surface area contributed by atoms with Crippen LogP contribution >= 0.6 is 15.9 Å². The summed E-state index contributed by atoms with van der Waals surface area (Å²) in [6.07, 6.45) is 5.45. The molecule has 0 saturated heterocycles. The minimum absolute atomic E-state index is 0.149. The Bertz CT molecular complexity index is 1010. The van der Waals surface area contributed by atoms with Gasteiger partial charge < -0.3 is 14.6 Å². The zero-order chi connectivity index (χ0) is 21.7. The molecule has 1 fully saturated rings. The second kappa shape index (κ2) is 9.64. The lowest BCUT2D eigenvalue weighted by molar-refractivity contribution is -0.123. The van der Waals surface area contributed by atoms with E-state index in [0.29, 0.717) is 18.3 Å². The number of nitrogens with one attached hydrogen (secondary N) is 1. The van der Waals surface area contributed by atoms with Crippen LogP contribution in [0.3, 0.4) is 0 Å². The predicted octanol–water partition coefficient (Wildman–Crippen LogP) is 5.07. The second-order valence-electron chi connectivity index (χ2n) is 7.90. The van der Waals surface area contributed by atoms with Crippen LogP contribution in [0.15, 0.2) is 57.5 Å². The molecule has 162 valence electrons.